The van der Waals surface area contributed by atoms with E-state index in [4.69, 9.17) is 4.74 Å². The average molecular weight is 273 g/mol. The number of hydrogen-bond donors (Lipinski definition) is 1. The zero-order chi connectivity index (χ0) is 14.7. The van der Waals surface area contributed by atoms with Gasteiger partial charge in [0.1, 0.15) is 11.6 Å². The monoisotopic (exact) mass is 273 g/mol. The van der Waals surface area contributed by atoms with Crippen LogP contribution in [0.3, 0.4) is 0 Å². The maximum Gasteiger partial charge on any atom is 0.256 e. The number of aryl methyl sites for hydroxylation is 2. The molecule has 2 aromatic rings. The molecule has 0 aliphatic carbocycles. The SMILES string of the molecule is COc1ccc(C)cc1NC(=O)c1ccc(F)cc1C. The molecule has 3 nitrogen and oxygen atoms in total. The van der Waals surface area contributed by atoms with Gasteiger partial charge < -0.3 is 10.1 Å². The Kier molecular flexibility index (Phi) is 4.03. The lowest BCUT2D eigenvalue weighted by atomic mass is 10.1. The van der Waals surface area contributed by atoms with Crippen molar-refractivity contribution in [2.45, 2.75) is 13.8 Å². The molecular formula is C16H16FNO2. The number of halogens is 1. The van der Waals surface area contributed by atoms with Gasteiger partial charge in [0.25, 0.3) is 5.91 Å². The Morgan fingerprint density at radius 1 is 1.15 bits per heavy atom. The number of methoxy groups -OCH3 is 1. The number of amides is 1. The van der Waals surface area contributed by atoms with Crippen molar-refractivity contribution in [1.29, 1.82) is 0 Å². The largest absolute Gasteiger partial charge is 0.495 e. The molecule has 0 radical (unpaired) electrons. The summed E-state index contributed by atoms with van der Waals surface area (Å²) in [4.78, 5) is 12.2. The highest BCUT2D eigenvalue weighted by Gasteiger charge is 2.12. The fourth-order valence-electron chi connectivity index (χ4n) is 1.99. The van der Waals surface area contributed by atoms with E-state index in [1.165, 1.54) is 18.2 Å². The van der Waals surface area contributed by atoms with Crippen LogP contribution in [0.2, 0.25) is 0 Å². The van der Waals surface area contributed by atoms with Gasteiger partial charge >= 0.3 is 0 Å². The Bertz CT molecular complexity index is 653. The molecule has 20 heavy (non-hydrogen) atoms. The van der Waals surface area contributed by atoms with E-state index in [1.807, 2.05) is 19.1 Å². The number of anilines is 1. The molecule has 4 heteroatoms. The highest BCUT2D eigenvalue weighted by Crippen LogP contribution is 2.26. The predicted octanol–water partition coefficient (Wildman–Crippen LogP) is 3.70. The second-order valence-corrected chi connectivity index (χ2v) is 4.62. The third kappa shape index (κ3) is 2.96. The van der Waals surface area contributed by atoms with E-state index < -0.39 is 0 Å². The molecular weight excluding hydrogens is 257 g/mol. The van der Waals surface area contributed by atoms with Gasteiger partial charge in [-0.2, -0.15) is 0 Å². The molecule has 1 amide bonds. The van der Waals surface area contributed by atoms with Crippen molar-refractivity contribution in [2.24, 2.45) is 0 Å². The Morgan fingerprint density at radius 2 is 1.90 bits per heavy atom. The van der Waals surface area contributed by atoms with Gasteiger partial charge in [-0.05, 0) is 55.3 Å². The molecule has 0 spiro atoms. The van der Waals surface area contributed by atoms with Crippen molar-refractivity contribution >= 4 is 11.6 Å². The molecule has 1 N–H and O–H groups in total. The van der Waals surface area contributed by atoms with E-state index in [1.54, 1.807) is 20.1 Å². The molecule has 0 fully saturated rings. The molecule has 0 bridgehead atoms. The van der Waals surface area contributed by atoms with E-state index in [2.05, 4.69) is 5.32 Å². The Morgan fingerprint density at radius 3 is 2.55 bits per heavy atom. The number of carbonyl (C=O) groups is 1. The molecule has 0 heterocycles. The summed E-state index contributed by atoms with van der Waals surface area (Å²) in [5.74, 6) is -0.0534. The van der Waals surface area contributed by atoms with Gasteiger partial charge in [-0.15, -0.1) is 0 Å². The minimum absolute atomic E-state index is 0.286. The zero-order valence-corrected chi connectivity index (χ0v) is 11.7. The van der Waals surface area contributed by atoms with Crippen molar-refractivity contribution in [3.05, 3.63) is 58.9 Å². The van der Waals surface area contributed by atoms with Crippen molar-refractivity contribution < 1.29 is 13.9 Å². The van der Waals surface area contributed by atoms with Gasteiger partial charge in [0.15, 0.2) is 0 Å². The molecule has 2 aromatic carbocycles. The number of benzene rings is 2. The topological polar surface area (TPSA) is 38.3 Å². The molecule has 0 aromatic heterocycles. The zero-order valence-electron chi connectivity index (χ0n) is 11.7. The Labute approximate surface area is 117 Å². The van der Waals surface area contributed by atoms with E-state index >= 15 is 0 Å². The summed E-state index contributed by atoms with van der Waals surface area (Å²) in [5, 5.41) is 2.79. The van der Waals surface area contributed by atoms with Crippen molar-refractivity contribution in [3.8, 4) is 5.75 Å². The smallest absolute Gasteiger partial charge is 0.256 e. The van der Waals surface area contributed by atoms with Crippen LogP contribution in [0.25, 0.3) is 0 Å². The summed E-state index contributed by atoms with van der Waals surface area (Å²) < 4.78 is 18.3. The van der Waals surface area contributed by atoms with Crippen LogP contribution in [0.1, 0.15) is 21.5 Å². The van der Waals surface area contributed by atoms with Crippen LogP contribution in [-0.2, 0) is 0 Å². The van der Waals surface area contributed by atoms with Crippen molar-refractivity contribution in [3.63, 3.8) is 0 Å². The normalized spacial score (nSPS) is 10.2. The van der Waals surface area contributed by atoms with Gasteiger partial charge in [0.05, 0.1) is 12.8 Å². The number of nitrogens with one attached hydrogen (secondary N) is 1. The summed E-state index contributed by atoms with van der Waals surface area (Å²) in [7, 11) is 1.55. The maximum absolute atomic E-state index is 13.1. The predicted molar refractivity (Wildman–Crippen MR) is 76.8 cm³/mol. The molecule has 2 rings (SSSR count). The lowest BCUT2D eigenvalue weighted by molar-refractivity contribution is 0.102. The summed E-state index contributed by atoms with van der Waals surface area (Å²) >= 11 is 0. The van der Waals surface area contributed by atoms with Crippen LogP contribution >= 0.6 is 0 Å². The standard InChI is InChI=1S/C16H16FNO2/c1-10-4-7-15(20-3)14(8-10)18-16(19)13-6-5-12(17)9-11(13)2/h4-9H,1-3H3,(H,18,19). The average Bonchev–Trinajstić information content (AvgIpc) is 2.38. The Balaban J connectivity index is 2.30. The van der Waals surface area contributed by atoms with Crippen molar-refractivity contribution in [2.75, 3.05) is 12.4 Å². The molecule has 0 unspecified atom stereocenters. The number of hydrogen-bond acceptors (Lipinski definition) is 2. The first kappa shape index (κ1) is 14.1. The maximum atomic E-state index is 13.1. The van der Waals surface area contributed by atoms with E-state index in [0.29, 0.717) is 22.6 Å². The second-order valence-electron chi connectivity index (χ2n) is 4.62. The fourth-order valence-corrected chi connectivity index (χ4v) is 1.99. The molecule has 0 aliphatic rings. The first-order valence-corrected chi connectivity index (χ1v) is 6.23. The summed E-state index contributed by atoms with van der Waals surface area (Å²) in [6, 6.07) is 9.61. The first-order valence-electron chi connectivity index (χ1n) is 6.23. The Hall–Kier alpha value is -2.36. The van der Waals surface area contributed by atoms with Crippen LogP contribution in [0, 0.1) is 19.7 Å². The van der Waals surface area contributed by atoms with Gasteiger partial charge in [0.2, 0.25) is 0 Å². The fraction of sp³-hybridized carbons (Fsp3) is 0.188. The van der Waals surface area contributed by atoms with Crippen LogP contribution in [-0.4, -0.2) is 13.0 Å². The third-order valence-corrected chi connectivity index (χ3v) is 3.04. The highest BCUT2D eigenvalue weighted by atomic mass is 19.1. The molecule has 0 saturated carbocycles. The van der Waals surface area contributed by atoms with Crippen LogP contribution in [0.5, 0.6) is 5.75 Å². The molecule has 0 saturated heterocycles. The number of rotatable bonds is 3. The van der Waals surface area contributed by atoms with Gasteiger partial charge in [-0.1, -0.05) is 6.07 Å². The van der Waals surface area contributed by atoms with Gasteiger partial charge in [0, 0.05) is 5.56 Å². The number of ether oxygens (including phenoxy) is 1. The van der Waals surface area contributed by atoms with Crippen LogP contribution in [0.15, 0.2) is 36.4 Å². The summed E-state index contributed by atoms with van der Waals surface area (Å²) in [6.45, 7) is 3.63. The third-order valence-electron chi connectivity index (χ3n) is 3.04. The first-order chi connectivity index (χ1) is 9.51. The lowest BCUT2D eigenvalue weighted by Gasteiger charge is -2.12. The summed E-state index contributed by atoms with van der Waals surface area (Å²) in [5.41, 5.74) is 2.64. The number of carbonyl (C=O) groups excluding carboxylic acids is 1. The van der Waals surface area contributed by atoms with Crippen molar-refractivity contribution in [1.82, 2.24) is 0 Å². The minimum atomic E-state index is -0.354. The molecule has 0 atom stereocenters. The second kappa shape index (κ2) is 5.74. The minimum Gasteiger partial charge on any atom is -0.495 e. The van der Waals surface area contributed by atoms with Gasteiger partial charge in [-0.3, -0.25) is 4.79 Å². The summed E-state index contributed by atoms with van der Waals surface area (Å²) in [6.07, 6.45) is 0. The van der Waals surface area contributed by atoms with Gasteiger partial charge in [-0.25, -0.2) is 4.39 Å². The highest BCUT2D eigenvalue weighted by molar-refractivity contribution is 6.06. The van der Waals surface area contributed by atoms with E-state index in [0.717, 1.165) is 5.56 Å². The van der Waals surface area contributed by atoms with E-state index in [9.17, 15) is 9.18 Å². The molecule has 104 valence electrons. The quantitative estimate of drug-likeness (QED) is 0.926. The van der Waals surface area contributed by atoms with Crippen LogP contribution in [0.4, 0.5) is 10.1 Å². The lowest BCUT2D eigenvalue weighted by Crippen LogP contribution is -2.14. The molecule has 0 aliphatic heterocycles. The van der Waals surface area contributed by atoms with Crippen LogP contribution < -0.4 is 10.1 Å². The van der Waals surface area contributed by atoms with E-state index in [-0.39, 0.29) is 11.7 Å².